The fourth-order valence-corrected chi connectivity index (χ4v) is 7.87. The summed E-state index contributed by atoms with van der Waals surface area (Å²) in [7, 11) is -0.359. The minimum Gasteiger partial charge on any atom is -0.493 e. The van der Waals surface area contributed by atoms with Gasteiger partial charge in [0.15, 0.2) is 21.3 Å². The minimum absolute atomic E-state index is 0. The molecule has 0 aliphatic carbocycles. The Bertz CT molecular complexity index is 1130. The van der Waals surface area contributed by atoms with Crippen molar-refractivity contribution < 1.29 is 17.9 Å². The van der Waals surface area contributed by atoms with Gasteiger partial charge in [0.05, 0.1) is 19.1 Å². The van der Waals surface area contributed by atoms with Crippen molar-refractivity contribution in [3.63, 3.8) is 0 Å². The van der Waals surface area contributed by atoms with Gasteiger partial charge in [-0.15, -0.1) is 12.4 Å². The Hall–Kier alpha value is -1.51. The van der Waals surface area contributed by atoms with Gasteiger partial charge in [-0.1, -0.05) is 11.6 Å². The fraction of sp³-hybridized carbons (Fsp3) is 0.520. The van der Waals surface area contributed by atoms with Crippen molar-refractivity contribution in [1.82, 2.24) is 10.2 Å². The van der Waals surface area contributed by atoms with Crippen molar-refractivity contribution in [2.24, 2.45) is 5.92 Å². The first-order valence-electron chi connectivity index (χ1n) is 11.5. The topological polar surface area (TPSA) is 67.9 Å². The molecule has 2 heterocycles. The van der Waals surface area contributed by atoms with E-state index in [9.17, 15) is 8.42 Å². The maximum atomic E-state index is 14.2. The molecular formula is C25H34Cl2N2O4S. The third kappa shape index (κ3) is 5.19. The van der Waals surface area contributed by atoms with Gasteiger partial charge in [-0.05, 0) is 98.6 Å². The summed E-state index contributed by atoms with van der Waals surface area (Å²) in [6.45, 7) is 6.62. The maximum absolute atomic E-state index is 14.2. The van der Waals surface area contributed by atoms with Gasteiger partial charge in [-0.2, -0.15) is 0 Å². The molecule has 0 aromatic heterocycles. The molecule has 1 fully saturated rings. The lowest BCUT2D eigenvalue weighted by Gasteiger charge is -2.41. The summed E-state index contributed by atoms with van der Waals surface area (Å²) < 4.78 is 39.4. The first kappa shape index (κ1) is 27.1. The smallest absolute Gasteiger partial charge is 0.194 e. The van der Waals surface area contributed by atoms with E-state index in [0.29, 0.717) is 40.1 Å². The van der Waals surface area contributed by atoms with Crippen LogP contribution in [0.2, 0.25) is 5.02 Å². The third-order valence-corrected chi connectivity index (χ3v) is 9.75. The van der Waals surface area contributed by atoms with Crippen LogP contribution in [0.3, 0.4) is 0 Å². The maximum Gasteiger partial charge on any atom is 0.194 e. The molecule has 1 unspecified atom stereocenters. The Labute approximate surface area is 214 Å². The van der Waals surface area contributed by atoms with E-state index in [4.69, 9.17) is 21.1 Å². The molecule has 34 heavy (non-hydrogen) atoms. The van der Waals surface area contributed by atoms with Crippen molar-refractivity contribution in [2.45, 2.75) is 49.9 Å². The lowest BCUT2D eigenvalue weighted by Crippen LogP contribution is -2.50. The van der Waals surface area contributed by atoms with Gasteiger partial charge in [0, 0.05) is 18.1 Å². The van der Waals surface area contributed by atoms with Crippen molar-refractivity contribution in [1.29, 1.82) is 0 Å². The Balaban J connectivity index is 0.00000324. The molecule has 1 N–H and O–H groups in total. The molecule has 9 heteroatoms. The zero-order valence-corrected chi connectivity index (χ0v) is 22.6. The number of rotatable bonds is 6. The van der Waals surface area contributed by atoms with Crippen molar-refractivity contribution >= 4 is 33.8 Å². The lowest BCUT2D eigenvalue weighted by atomic mass is 9.94. The van der Waals surface area contributed by atoms with Gasteiger partial charge in [0.25, 0.3) is 0 Å². The quantitative estimate of drug-likeness (QED) is 0.592. The number of nitrogens with zero attached hydrogens (tertiary/aromatic N) is 1. The van der Waals surface area contributed by atoms with Crippen molar-refractivity contribution in [3.05, 3.63) is 51.5 Å². The molecule has 2 aromatic rings. The number of aryl methyl sites for hydroxylation is 2. The summed E-state index contributed by atoms with van der Waals surface area (Å²) in [4.78, 5) is 2.55. The monoisotopic (exact) mass is 528 g/mol. The van der Waals surface area contributed by atoms with Crippen LogP contribution in [0, 0.1) is 19.8 Å². The average molecular weight is 530 g/mol. The second-order valence-electron chi connectivity index (χ2n) is 9.09. The summed E-state index contributed by atoms with van der Waals surface area (Å²) in [5.41, 5.74) is 3.76. The number of hydrogen-bond acceptors (Lipinski definition) is 6. The van der Waals surface area contributed by atoms with Crippen LogP contribution in [0.15, 0.2) is 29.2 Å². The number of ether oxygens (including phenoxy) is 2. The van der Waals surface area contributed by atoms with Crippen LogP contribution < -0.4 is 14.8 Å². The molecule has 1 atom stereocenters. The number of piperidine rings is 1. The van der Waals surface area contributed by atoms with Gasteiger partial charge in [0.1, 0.15) is 5.37 Å². The Kier molecular flexibility index (Phi) is 8.80. The van der Waals surface area contributed by atoms with Crippen LogP contribution in [0.4, 0.5) is 0 Å². The predicted molar refractivity (Wildman–Crippen MR) is 138 cm³/mol. The molecule has 188 valence electrons. The molecule has 0 saturated carbocycles. The van der Waals surface area contributed by atoms with Crippen LogP contribution in [0.5, 0.6) is 11.5 Å². The Morgan fingerprint density at radius 3 is 2.24 bits per heavy atom. The van der Waals surface area contributed by atoms with Gasteiger partial charge < -0.3 is 14.8 Å². The van der Waals surface area contributed by atoms with Gasteiger partial charge in [0.2, 0.25) is 0 Å². The molecular weight excluding hydrogens is 495 g/mol. The number of fused-ring (bicyclic) bond motifs is 1. The molecule has 0 spiro atoms. The van der Waals surface area contributed by atoms with E-state index in [0.717, 1.165) is 43.5 Å². The van der Waals surface area contributed by atoms with E-state index in [1.165, 1.54) is 5.56 Å². The van der Waals surface area contributed by atoms with E-state index >= 15 is 0 Å². The molecule has 2 aromatic carbocycles. The number of benzene rings is 2. The molecule has 1 saturated heterocycles. The summed E-state index contributed by atoms with van der Waals surface area (Å²) in [5.74, 6) is 1.44. The molecule has 2 aliphatic heterocycles. The molecule has 0 amide bonds. The van der Waals surface area contributed by atoms with E-state index in [1.54, 1.807) is 26.4 Å². The van der Waals surface area contributed by atoms with E-state index in [-0.39, 0.29) is 18.3 Å². The van der Waals surface area contributed by atoms with E-state index in [2.05, 4.69) is 10.2 Å². The first-order valence-corrected chi connectivity index (χ1v) is 13.4. The highest BCUT2D eigenvalue weighted by Crippen LogP contribution is 2.38. The number of halogens is 2. The number of methoxy groups -OCH3 is 2. The Morgan fingerprint density at radius 1 is 1.00 bits per heavy atom. The average Bonchev–Trinajstić information content (AvgIpc) is 2.81. The highest BCUT2D eigenvalue weighted by atomic mass is 35.5. The molecule has 0 bridgehead atoms. The molecule has 4 rings (SSSR count). The van der Waals surface area contributed by atoms with Crippen molar-refractivity contribution in [3.8, 4) is 11.5 Å². The van der Waals surface area contributed by atoms with Gasteiger partial charge >= 0.3 is 0 Å². The number of sulfone groups is 1. The van der Waals surface area contributed by atoms with Crippen LogP contribution in [0.1, 0.15) is 35.1 Å². The molecule has 0 radical (unpaired) electrons. The summed E-state index contributed by atoms with van der Waals surface area (Å²) >= 11 is 6.29. The zero-order chi connectivity index (χ0) is 23.8. The summed E-state index contributed by atoms with van der Waals surface area (Å²) in [6, 6.07) is 7.52. The fourth-order valence-electron chi connectivity index (χ4n) is 5.19. The molecule has 2 aliphatic rings. The standard InChI is InChI=1S/C25H33ClN2O4S.ClH/c1-16-12-24(17(2)11-21(16)26)33(29,30)25(18-5-8-27-9-6-18)28-10-7-19-13-22(31-3)23(32-4)14-20(19)15-28;/h11-14,18,25,27H,5-10,15H2,1-4H3;1H. The lowest BCUT2D eigenvalue weighted by molar-refractivity contribution is 0.159. The first-order chi connectivity index (χ1) is 15.8. The SMILES string of the molecule is COc1cc2c(cc1OC)CN(C(C1CCNCC1)S(=O)(=O)c1cc(C)c(Cl)cc1C)CC2.Cl. The van der Waals surface area contributed by atoms with Crippen LogP contribution >= 0.6 is 24.0 Å². The minimum atomic E-state index is -3.62. The number of nitrogens with one attached hydrogen (secondary N) is 1. The van der Waals surface area contributed by atoms with Crippen LogP contribution in [-0.4, -0.2) is 52.5 Å². The second-order valence-corrected chi connectivity index (χ2v) is 11.5. The zero-order valence-electron chi connectivity index (χ0n) is 20.2. The van der Waals surface area contributed by atoms with E-state index < -0.39 is 15.2 Å². The van der Waals surface area contributed by atoms with Crippen LogP contribution in [0.25, 0.3) is 0 Å². The normalized spacial score (nSPS) is 18.0. The predicted octanol–water partition coefficient (Wildman–Crippen LogP) is 4.55. The van der Waals surface area contributed by atoms with Crippen molar-refractivity contribution in [2.75, 3.05) is 33.9 Å². The summed E-state index contributed by atoms with van der Waals surface area (Å²) in [6.07, 6.45) is 2.45. The van der Waals surface area contributed by atoms with E-state index in [1.807, 2.05) is 26.0 Å². The summed E-state index contributed by atoms with van der Waals surface area (Å²) in [5, 5.41) is 3.39. The third-order valence-electron chi connectivity index (χ3n) is 6.98. The molecule has 6 nitrogen and oxygen atoms in total. The second kappa shape index (κ2) is 11.0. The Morgan fingerprint density at radius 2 is 1.62 bits per heavy atom. The number of hydrogen-bond donors (Lipinski definition) is 1. The highest BCUT2D eigenvalue weighted by Gasteiger charge is 2.41. The highest BCUT2D eigenvalue weighted by molar-refractivity contribution is 7.92. The van der Waals surface area contributed by atoms with Gasteiger partial charge in [-0.25, -0.2) is 8.42 Å². The van der Waals surface area contributed by atoms with Gasteiger partial charge in [-0.3, -0.25) is 4.90 Å². The largest absolute Gasteiger partial charge is 0.493 e. The van der Waals surface area contributed by atoms with Crippen LogP contribution in [-0.2, 0) is 22.8 Å².